The zero-order chi connectivity index (χ0) is 13.7. The average molecular weight is 250 g/mol. The van der Waals surface area contributed by atoms with Crippen LogP contribution in [0.15, 0.2) is 18.2 Å². The van der Waals surface area contributed by atoms with E-state index in [9.17, 15) is 14.7 Å². The quantitative estimate of drug-likeness (QED) is 0.816. The Morgan fingerprint density at radius 3 is 2.50 bits per heavy atom. The van der Waals surface area contributed by atoms with Crippen LogP contribution in [-0.2, 0) is 11.2 Å². The van der Waals surface area contributed by atoms with Gasteiger partial charge in [-0.05, 0) is 30.9 Å². The van der Waals surface area contributed by atoms with Crippen molar-refractivity contribution < 1.29 is 19.4 Å². The van der Waals surface area contributed by atoms with E-state index in [0.29, 0.717) is 17.9 Å². The average Bonchev–Trinajstić information content (AvgIpc) is 2.27. The van der Waals surface area contributed by atoms with Gasteiger partial charge in [-0.25, -0.2) is 9.59 Å². The van der Waals surface area contributed by atoms with Gasteiger partial charge in [0.25, 0.3) is 0 Å². The number of rotatable bonds is 5. The zero-order valence-corrected chi connectivity index (χ0v) is 10.9. The molecule has 0 heterocycles. The minimum Gasteiger partial charge on any atom is -0.478 e. The van der Waals surface area contributed by atoms with Crippen LogP contribution in [0.25, 0.3) is 0 Å². The molecule has 0 aromatic heterocycles. The molecule has 1 rings (SSSR count). The van der Waals surface area contributed by atoms with Crippen LogP contribution in [0.5, 0.6) is 0 Å². The third kappa shape index (κ3) is 3.32. The van der Waals surface area contributed by atoms with Gasteiger partial charge in [0.05, 0.1) is 17.7 Å². The third-order valence-electron chi connectivity index (χ3n) is 2.49. The Balaban J connectivity index is 3.25. The lowest BCUT2D eigenvalue weighted by Crippen LogP contribution is -2.15. The Bertz CT molecular complexity index is 449. The highest BCUT2D eigenvalue weighted by molar-refractivity contribution is 6.03. The minimum absolute atomic E-state index is 0.0599. The number of ether oxygens (including phenoxy) is 1. The van der Waals surface area contributed by atoms with Gasteiger partial charge < -0.3 is 9.84 Å². The van der Waals surface area contributed by atoms with E-state index in [1.807, 2.05) is 13.8 Å². The first kappa shape index (κ1) is 14.2. The normalized spacial score (nSPS) is 10.4. The maximum absolute atomic E-state index is 11.7. The summed E-state index contributed by atoms with van der Waals surface area (Å²) in [6.45, 7) is 5.92. The van der Waals surface area contributed by atoms with E-state index in [4.69, 9.17) is 4.74 Å². The predicted molar refractivity (Wildman–Crippen MR) is 67.9 cm³/mol. The van der Waals surface area contributed by atoms with E-state index < -0.39 is 11.9 Å². The van der Waals surface area contributed by atoms with Crippen molar-refractivity contribution in [3.05, 3.63) is 34.9 Å². The minimum atomic E-state index is -1.09. The molecule has 0 saturated heterocycles. The summed E-state index contributed by atoms with van der Waals surface area (Å²) < 4.78 is 4.88. The van der Waals surface area contributed by atoms with Crippen LogP contribution >= 0.6 is 0 Å². The summed E-state index contributed by atoms with van der Waals surface area (Å²) in [5, 5.41) is 9.27. The van der Waals surface area contributed by atoms with Crippen molar-refractivity contribution in [3.8, 4) is 0 Å². The molecule has 0 radical (unpaired) electrons. The van der Waals surface area contributed by atoms with Crippen LogP contribution in [-0.4, -0.2) is 23.7 Å². The molecule has 0 spiro atoms. The summed E-state index contributed by atoms with van der Waals surface area (Å²) in [7, 11) is 0. The maximum atomic E-state index is 11.7. The van der Waals surface area contributed by atoms with Crippen LogP contribution < -0.4 is 0 Å². The number of carboxylic acid groups (broad SMARTS) is 1. The lowest BCUT2D eigenvalue weighted by molar-refractivity contribution is 0.0514. The first-order valence-electron chi connectivity index (χ1n) is 5.99. The van der Waals surface area contributed by atoms with Gasteiger partial charge in [0.2, 0.25) is 0 Å². The molecule has 0 atom stereocenters. The van der Waals surface area contributed by atoms with Crippen LogP contribution in [0.3, 0.4) is 0 Å². The standard InChI is InChI=1S/C14H18O4/c1-4-18-14(17)11-7-5-6-10(8-9(2)3)12(11)13(15)16/h5-7,9H,4,8H2,1-3H3,(H,15,16). The SMILES string of the molecule is CCOC(=O)c1cccc(CC(C)C)c1C(=O)O. The Morgan fingerprint density at radius 1 is 1.33 bits per heavy atom. The van der Waals surface area contributed by atoms with Gasteiger partial charge in [0, 0.05) is 0 Å². The number of esters is 1. The zero-order valence-electron chi connectivity index (χ0n) is 10.9. The van der Waals surface area contributed by atoms with Gasteiger partial charge in [-0.1, -0.05) is 26.0 Å². The second-order valence-electron chi connectivity index (χ2n) is 4.46. The first-order chi connectivity index (χ1) is 8.47. The summed E-state index contributed by atoms with van der Waals surface area (Å²) in [5.74, 6) is -1.35. The number of aromatic carboxylic acids is 1. The van der Waals surface area contributed by atoms with E-state index in [1.165, 1.54) is 6.07 Å². The number of carbonyl (C=O) groups is 2. The molecule has 1 aromatic carbocycles. The van der Waals surface area contributed by atoms with Crippen molar-refractivity contribution in [3.63, 3.8) is 0 Å². The second kappa shape index (κ2) is 6.19. The van der Waals surface area contributed by atoms with E-state index in [1.54, 1.807) is 19.1 Å². The van der Waals surface area contributed by atoms with Crippen molar-refractivity contribution >= 4 is 11.9 Å². The van der Waals surface area contributed by atoms with Crippen molar-refractivity contribution in [2.75, 3.05) is 6.61 Å². The van der Waals surface area contributed by atoms with Crippen molar-refractivity contribution in [2.24, 2.45) is 5.92 Å². The Kier molecular flexibility index (Phi) is 4.89. The highest BCUT2D eigenvalue weighted by atomic mass is 16.5. The molecule has 0 aliphatic rings. The molecule has 1 N–H and O–H groups in total. The molecule has 98 valence electrons. The number of benzene rings is 1. The Morgan fingerprint density at radius 2 is 2.00 bits per heavy atom. The van der Waals surface area contributed by atoms with E-state index in [0.717, 1.165) is 0 Å². The van der Waals surface area contributed by atoms with Crippen LogP contribution in [0, 0.1) is 5.92 Å². The largest absolute Gasteiger partial charge is 0.478 e. The highest BCUT2D eigenvalue weighted by Crippen LogP contribution is 2.19. The van der Waals surface area contributed by atoms with Crippen LogP contribution in [0.2, 0.25) is 0 Å². The number of carboxylic acids is 1. The van der Waals surface area contributed by atoms with Gasteiger partial charge in [-0.3, -0.25) is 0 Å². The third-order valence-corrected chi connectivity index (χ3v) is 2.49. The molecule has 0 aliphatic carbocycles. The summed E-state index contributed by atoms with van der Waals surface area (Å²) in [4.78, 5) is 23.0. The van der Waals surface area contributed by atoms with Crippen molar-refractivity contribution in [1.82, 2.24) is 0 Å². The molecular weight excluding hydrogens is 232 g/mol. The number of hydrogen-bond acceptors (Lipinski definition) is 3. The molecule has 0 bridgehead atoms. The smallest absolute Gasteiger partial charge is 0.339 e. The lowest BCUT2D eigenvalue weighted by atomic mass is 9.94. The van der Waals surface area contributed by atoms with Gasteiger partial charge in [-0.15, -0.1) is 0 Å². The number of hydrogen-bond donors (Lipinski definition) is 1. The van der Waals surface area contributed by atoms with Gasteiger partial charge in [0.15, 0.2) is 0 Å². The molecule has 0 fully saturated rings. The Labute approximate surface area is 107 Å². The fourth-order valence-corrected chi connectivity index (χ4v) is 1.84. The van der Waals surface area contributed by atoms with Gasteiger partial charge >= 0.3 is 11.9 Å². The van der Waals surface area contributed by atoms with Crippen LogP contribution in [0.1, 0.15) is 47.1 Å². The van der Waals surface area contributed by atoms with Crippen molar-refractivity contribution in [1.29, 1.82) is 0 Å². The van der Waals surface area contributed by atoms with E-state index in [-0.39, 0.29) is 17.7 Å². The molecule has 0 unspecified atom stereocenters. The molecule has 0 saturated carbocycles. The maximum Gasteiger partial charge on any atom is 0.339 e. The summed E-state index contributed by atoms with van der Waals surface area (Å²) in [6, 6.07) is 4.92. The molecule has 4 nitrogen and oxygen atoms in total. The molecule has 18 heavy (non-hydrogen) atoms. The number of carbonyl (C=O) groups excluding carboxylic acids is 1. The monoisotopic (exact) mass is 250 g/mol. The fourth-order valence-electron chi connectivity index (χ4n) is 1.84. The fraction of sp³-hybridized carbons (Fsp3) is 0.429. The topological polar surface area (TPSA) is 63.6 Å². The van der Waals surface area contributed by atoms with Crippen LogP contribution in [0.4, 0.5) is 0 Å². The lowest BCUT2D eigenvalue weighted by Gasteiger charge is -2.12. The molecule has 1 aromatic rings. The molecule has 0 aliphatic heterocycles. The molecule has 4 heteroatoms. The molecule has 0 amide bonds. The van der Waals surface area contributed by atoms with Gasteiger partial charge in [-0.2, -0.15) is 0 Å². The second-order valence-corrected chi connectivity index (χ2v) is 4.46. The molecular formula is C14H18O4. The predicted octanol–water partition coefficient (Wildman–Crippen LogP) is 2.76. The van der Waals surface area contributed by atoms with E-state index in [2.05, 4.69) is 0 Å². The Hall–Kier alpha value is -1.84. The summed E-state index contributed by atoms with van der Waals surface area (Å²) in [6.07, 6.45) is 0.620. The first-order valence-corrected chi connectivity index (χ1v) is 5.99. The van der Waals surface area contributed by atoms with Crippen molar-refractivity contribution in [2.45, 2.75) is 27.2 Å². The van der Waals surface area contributed by atoms with Gasteiger partial charge in [0.1, 0.15) is 0 Å². The van der Waals surface area contributed by atoms with E-state index >= 15 is 0 Å². The highest BCUT2D eigenvalue weighted by Gasteiger charge is 2.21. The summed E-state index contributed by atoms with van der Waals surface area (Å²) >= 11 is 0. The summed E-state index contributed by atoms with van der Waals surface area (Å²) in [5.41, 5.74) is 0.857.